The van der Waals surface area contributed by atoms with Crippen molar-refractivity contribution in [2.75, 3.05) is 0 Å². The zero-order valence-corrected chi connectivity index (χ0v) is 17.1. The first kappa shape index (κ1) is 20.6. The topological polar surface area (TPSA) is 46.2 Å². The van der Waals surface area contributed by atoms with E-state index in [0.29, 0.717) is 0 Å². The maximum Gasteiger partial charge on any atom is 0.0601 e. The lowest BCUT2D eigenvalue weighted by Crippen LogP contribution is -2.49. The fourth-order valence-electron chi connectivity index (χ4n) is 2.34. The number of hydrogen-bond acceptors (Lipinski definition) is 2. The van der Waals surface area contributed by atoms with Gasteiger partial charge in [0.1, 0.15) is 0 Å². The monoisotopic (exact) mass is 397 g/mol. The minimum absolute atomic E-state index is 0.0144. The summed E-state index contributed by atoms with van der Waals surface area (Å²) in [6.45, 7) is 19.7. The van der Waals surface area contributed by atoms with Crippen molar-refractivity contribution in [3.8, 4) is 0 Å². The van der Waals surface area contributed by atoms with Crippen molar-refractivity contribution < 1.29 is 5.11 Å². The van der Waals surface area contributed by atoms with E-state index in [-0.39, 0.29) is 31.8 Å². The van der Waals surface area contributed by atoms with Gasteiger partial charge in [-0.25, -0.2) is 0 Å². The number of hydrogen-bond donors (Lipinski definition) is 2. The molecule has 0 aliphatic carbocycles. The highest BCUT2D eigenvalue weighted by Crippen LogP contribution is 2.48. The predicted molar refractivity (Wildman–Crippen MR) is 98.3 cm³/mol. The summed E-state index contributed by atoms with van der Waals surface area (Å²) in [5, 5.41) is 10.7. The second kappa shape index (κ2) is 6.41. The smallest absolute Gasteiger partial charge is 0.0601 e. The Morgan fingerprint density at radius 3 is 1.60 bits per heavy atom. The Balaban J connectivity index is 5.06. The molecule has 0 aromatic carbocycles. The molecule has 2 unspecified atom stereocenters. The van der Waals surface area contributed by atoms with Crippen molar-refractivity contribution in [3.05, 3.63) is 0 Å². The van der Waals surface area contributed by atoms with Crippen molar-refractivity contribution >= 4 is 22.6 Å². The average Bonchev–Trinajstić information content (AvgIpc) is 2.11. The minimum Gasteiger partial charge on any atom is -0.393 e. The molecule has 0 heterocycles. The number of rotatable bonds is 6. The highest BCUT2D eigenvalue weighted by Gasteiger charge is 2.45. The zero-order chi connectivity index (χ0) is 16.6. The van der Waals surface area contributed by atoms with E-state index >= 15 is 0 Å². The molecule has 0 spiro atoms. The first-order chi connectivity index (χ1) is 8.51. The molecule has 0 fully saturated rings. The summed E-state index contributed by atoms with van der Waals surface area (Å²) in [5.41, 5.74) is 6.33. The van der Waals surface area contributed by atoms with Crippen LogP contribution in [0.2, 0.25) is 0 Å². The van der Waals surface area contributed by atoms with Crippen LogP contribution in [-0.4, -0.2) is 20.7 Å². The molecule has 0 saturated heterocycles. The van der Waals surface area contributed by atoms with E-state index < -0.39 is 0 Å². The lowest BCUT2D eigenvalue weighted by Gasteiger charge is -2.48. The standard InChI is InChI=1S/C17H36INO/c1-14(2,3)11-13(20)16(6,7)15(4,5)10-12(19)17(8,9)18/h12-13,20H,10-11,19H2,1-9H3. The SMILES string of the molecule is CC(C)(C)CC(O)C(C)(C)C(C)(C)CC(N)C(C)(C)I. The average molecular weight is 397 g/mol. The van der Waals surface area contributed by atoms with Crippen LogP contribution in [0.25, 0.3) is 0 Å². The molecule has 2 nitrogen and oxygen atoms in total. The summed E-state index contributed by atoms with van der Waals surface area (Å²) < 4.78 is 0.0695. The molecule has 0 amide bonds. The highest BCUT2D eigenvalue weighted by molar-refractivity contribution is 14.1. The molecule has 3 heteroatoms. The van der Waals surface area contributed by atoms with Crippen LogP contribution in [0.5, 0.6) is 0 Å². The molecule has 0 aromatic heterocycles. The van der Waals surface area contributed by atoms with E-state index in [4.69, 9.17) is 5.73 Å². The summed E-state index contributed by atoms with van der Waals surface area (Å²) >= 11 is 2.42. The first-order valence-electron chi connectivity index (χ1n) is 7.63. The Bertz CT molecular complexity index is 310. The van der Waals surface area contributed by atoms with Gasteiger partial charge in [0, 0.05) is 9.46 Å². The third-order valence-corrected chi connectivity index (χ3v) is 5.80. The van der Waals surface area contributed by atoms with Crippen LogP contribution in [0, 0.1) is 16.2 Å². The van der Waals surface area contributed by atoms with Gasteiger partial charge in [-0.05, 0) is 42.9 Å². The van der Waals surface area contributed by atoms with Crippen molar-refractivity contribution in [1.29, 1.82) is 0 Å². The minimum atomic E-state index is -0.318. The number of alkyl halides is 1. The molecule has 2 atom stereocenters. The summed E-state index contributed by atoms with van der Waals surface area (Å²) in [6, 6.07) is 0.124. The highest BCUT2D eigenvalue weighted by atomic mass is 127. The van der Waals surface area contributed by atoms with Gasteiger partial charge in [-0.1, -0.05) is 71.1 Å². The Kier molecular flexibility index (Phi) is 6.62. The van der Waals surface area contributed by atoms with Crippen LogP contribution in [0.4, 0.5) is 0 Å². The maximum atomic E-state index is 10.7. The Morgan fingerprint density at radius 2 is 1.30 bits per heavy atom. The summed E-state index contributed by atoms with van der Waals surface area (Å²) in [7, 11) is 0. The quantitative estimate of drug-likeness (QED) is 0.501. The Hall–Kier alpha value is 0.650. The van der Waals surface area contributed by atoms with Crippen LogP contribution in [0.15, 0.2) is 0 Å². The molecule has 0 radical (unpaired) electrons. The molecule has 0 aliphatic rings. The molecule has 0 bridgehead atoms. The van der Waals surface area contributed by atoms with Crippen molar-refractivity contribution in [3.63, 3.8) is 0 Å². The van der Waals surface area contributed by atoms with Crippen LogP contribution in [-0.2, 0) is 0 Å². The van der Waals surface area contributed by atoms with E-state index in [1.165, 1.54) is 0 Å². The van der Waals surface area contributed by atoms with Gasteiger partial charge in [-0.3, -0.25) is 0 Å². The first-order valence-corrected chi connectivity index (χ1v) is 8.71. The van der Waals surface area contributed by atoms with Crippen molar-refractivity contribution in [2.24, 2.45) is 22.0 Å². The van der Waals surface area contributed by atoms with Gasteiger partial charge in [-0.2, -0.15) is 0 Å². The molecular formula is C17H36INO. The van der Waals surface area contributed by atoms with Crippen molar-refractivity contribution in [1.82, 2.24) is 0 Å². The van der Waals surface area contributed by atoms with Crippen LogP contribution in [0.1, 0.15) is 75.2 Å². The van der Waals surface area contributed by atoms with E-state index in [2.05, 4.69) is 84.9 Å². The molecule has 0 rings (SSSR count). The second-order valence-electron chi connectivity index (χ2n) is 9.26. The van der Waals surface area contributed by atoms with E-state index in [1.54, 1.807) is 0 Å². The van der Waals surface area contributed by atoms with Gasteiger partial charge in [0.2, 0.25) is 0 Å². The fraction of sp³-hybridized carbons (Fsp3) is 1.00. The number of halogens is 1. The van der Waals surface area contributed by atoms with Crippen LogP contribution in [0.3, 0.4) is 0 Å². The molecule has 3 N–H and O–H groups in total. The van der Waals surface area contributed by atoms with Crippen molar-refractivity contribution in [2.45, 2.75) is 90.7 Å². The number of nitrogens with two attached hydrogens (primary N) is 1. The van der Waals surface area contributed by atoms with Gasteiger partial charge in [-0.15, -0.1) is 0 Å². The maximum absolute atomic E-state index is 10.7. The van der Waals surface area contributed by atoms with Gasteiger partial charge in [0.15, 0.2) is 0 Å². The Labute approximate surface area is 140 Å². The molecule has 0 aliphatic heterocycles. The lowest BCUT2D eigenvalue weighted by molar-refractivity contribution is -0.0612. The predicted octanol–water partition coefficient (Wildman–Crippen LogP) is 4.77. The Morgan fingerprint density at radius 1 is 0.900 bits per heavy atom. The third kappa shape index (κ3) is 5.80. The zero-order valence-electron chi connectivity index (χ0n) is 15.0. The van der Waals surface area contributed by atoms with Gasteiger partial charge in [0.05, 0.1) is 6.10 Å². The van der Waals surface area contributed by atoms with E-state index in [0.717, 1.165) is 12.8 Å². The number of aliphatic hydroxyl groups is 1. The lowest BCUT2D eigenvalue weighted by atomic mass is 9.60. The number of aliphatic hydroxyl groups excluding tert-OH is 1. The molecule has 122 valence electrons. The summed E-state index contributed by atoms with van der Waals surface area (Å²) in [4.78, 5) is 0. The van der Waals surface area contributed by atoms with Gasteiger partial charge >= 0.3 is 0 Å². The van der Waals surface area contributed by atoms with Gasteiger partial charge in [0.25, 0.3) is 0 Å². The molecule has 0 saturated carbocycles. The third-order valence-electron chi connectivity index (χ3n) is 5.00. The summed E-state index contributed by atoms with van der Waals surface area (Å²) in [5.74, 6) is 0. The normalized spacial score (nSPS) is 18.0. The van der Waals surface area contributed by atoms with E-state index in [9.17, 15) is 5.11 Å². The van der Waals surface area contributed by atoms with Crippen LogP contribution < -0.4 is 5.73 Å². The summed E-state index contributed by atoms with van der Waals surface area (Å²) in [6.07, 6.45) is 1.41. The largest absolute Gasteiger partial charge is 0.393 e. The fourth-order valence-corrected chi connectivity index (χ4v) is 2.56. The molecular weight excluding hydrogens is 361 g/mol. The molecule has 0 aromatic rings. The van der Waals surface area contributed by atoms with Crippen LogP contribution >= 0.6 is 22.6 Å². The van der Waals surface area contributed by atoms with Gasteiger partial charge < -0.3 is 10.8 Å². The van der Waals surface area contributed by atoms with E-state index in [1.807, 2.05) is 0 Å². The molecule has 20 heavy (non-hydrogen) atoms. The second-order valence-corrected chi connectivity index (χ2v) is 12.0.